The van der Waals surface area contributed by atoms with Gasteiger partial charge in [-0.3, -0.25) is 14.0 Å². The number of hydrogen-bond acceptors (Lipinski definition) is 6. The molecule has 3 aromatic rings. The second-order valence-electron chi connectivity index (χ2n) is 6.29. The maximum absolute atomic E-state index is 14.9. The highest BCUT2D eigenvalue weighted by atomic mass is 32.2. The van der Waals surface area contributed by atoms with Crippen molar-refractivity contribution in [3.63, 3.8) is 0 Å². The smallest absolute Gasteiger partial charge is 0.199 e. The summed E-state index contributed by atoms with van der Waals surface area (Å²) in [6.45, 7) is -0.0189. The molecule has 0 saturated carbocycles. The Kier molecular flexibility index (Phi) is 6.75. The van der Waals surface area contributed by atoms with Crippen LogP contribution in [-0.2, 0) is 17.7 Å². The number of ketones is 1. The number of halogens is 3. The summed E-state index contributed by atoms with van der Waals surface area (Å²) < 4.78 is 66.3. The molecule has 0 saturated heterocycles. The SMILES string of the molecule is CNc1cnc2ccc(C(=O)c3c(F)c(F)cc(CCCNS(=O)[O-])c3F)cc2n1. The number of rotatable bonds is 8. The molecular weight excluding hydrogens is 421 g/mol. The van der Waals surface area contributed by atoms with Gasteiger partial charge in [0.15, 0.2) is 17.4 Å². The van der Waals surface area contributed by atoms with Crippen molar-refractivity contribution in [2.24, 2.45) is 0 Å². The van der Waals surface area contributed by atoms with E-state index in [0.717, 1.165) is 0 Å². The molecule has 0 radical (unpaired) electrons. The minimum absolute atomic E-state index is 0.0189. The van der Waals surface area contributed by atoms with Gasteiger partial charge in [-0.15, -0.1) is 0 Å². The van der Waals surface area contributed by atoms with Crippen LogP contribution >= 0.6 is 0 Å². The topological polar surface area (TPSA) is 107 Å². The van der Waals surface area contributed by atoms with Gasteiger partial charge in [0.2, 0.25) is 0 Å². The van der Waals surface area contributed by atoms with E-state index < -0.39 is 40.1 Å². The van der Waals surface area contributed by atoms with Crippen molar-refractivity contribution in [1.82, 2.24) is 14.7 Å². The third-order valence-corrected chi connectivity index (χ3v) is 4.80. The zero-order valence-corrected chi connectivity index (χ0v) is 16.5. The van der Waals surface area contributed by atoms with Crippen molar-refractivity contribution in [2.45, 2.75) is 12.8 Å². The summed E-state index contributed by atoms with van der Waals surface area (Å²) in [5.74, 6) is -4.74. The van der Waals surface area contributed by atoms with Gasteiger partial charge in [-0.25, -0.2) is 22.9 Å². The lowest BCUT2D eigenvalue weighted by molar-refractivity contribution is 0.102. The molecule has 0 spiro atoms. The van der Waals surface area contributed by atoms with Crippen LogP contribution < -0.4 is 10.0 Å². The third kappa shape index (κ3) is 4.64. The second kappa shape index (κ2) is 9.28. The van der Waals surface area contributed by atoms with E-state index in [9.17, 15) is 26.7 Å². The minimum atomic E-state index is -2.49. The number of hydrogen-bond donors (Lipinski definition) is 2. The molecule has 0 aliphatic rings. The molecule has 3 rings (SSSR count). The summed E-state index contributed by atoms with van der Waals surface area (Å²) >= 11 is -2.49. The summed E-state index contributed by atoms with van der Waals surface area (Å²) in [5.41, 5.74) is -0.532. The van der Waals surface area contributed by atoms with Gasteiger partial charge in [-0.05, 0) is 42.7 Å². The fraction of sp³-hybridized carbons (Fsp3) is 0.211. The molecule has 1 unspecified atom stereocenters. The lowest BCUT2D eigenvalue weighted by Crippen LogP contribution is -2.18. The Hall–Kier alpha value is -2.89. The molecule has 2 N–H and O–H groups in total. The second-order valence-corrected chi connectivity index (χ2v) is 7.05. The Morgan fingerprint density at radius 1 is 1.17 bits per heavy atom. The molecule has 0 amide bonds. The number of nitrogens with one attached hydrogen (secondary N) is 2. The quantitative estimate of drug-likeness (QED) is 0.243. The highest BCUT2D eigenvalue weighted by Gasteiger charge is 2.25. The van der Waals surface area contributed by atoms with Crippen molar-refractivity contribution in [3.05, 3.63) is 64.6 Å². The van der Waals surface area contributed by atoms with Gasteiger partial charge in [0.05, 0.1) is 22.8 Å². The van der Waals surface area contributed by atoms with Crippen molar-refractivity contribution in [2.75, 3.05) is 18.9 Å². The number of carbonyl (C=O) groups excluding carboxylic acids is 1. The first-order chi connectivity index (χ1) is 14.3. The molecule has 2 aromatic carbocycles. The van der Waals surface area contributed by atoms with Gasteiger partial charge in [0, 0.05) is 30.4 Å². The lowest BCUT2D eigenvalue weighted by Gasteiger charge is -2.11. The van der Waals surface area contributed by atoms with Crippen LogP contribution in [0.2, 0.25) is 0 Å². The predicted molar refractivity (Wildman–Crippen MR) is 104 cm³/mol. The van der Waals surface area contributed by atoms with Gasteiger partial charge in [-0.2, -0.15) is 0 Å². The molecule has 0 aliphatic heterocycles. The van der Waals surface area contributed by atoms with E-state index in [1.807, 2.05) is 0 Å². The molecule has 0 aliphatic carbocycles. The van der Waals surface area contributed by atoms with Crippen LogP contribution in [-0.4, -0.2) is 38.1 Å². The van der Waals surface area contributed by atoms with Crippen LogP contribution in [0.15, 0.2) is 30.5 Å². The first kappa shape index (κ1) is 21.8. The van der Waals surface area contributed by atoms with E-state index in [4.69, 9.17) is 0 Å². The van der Waals surface area contributed by atoms with Crippen molar-refractivity contribution in [3.8, 4) is 0 Å². The van der Waals surface area contributed by atoms with Crippen LogP contribution in [0, 0.1) is 17.5 Å². The summed E-state index contributed by atoms with van der Waals surface area (Å²) in [5, 5.41) is 2.79. The minimum Gasteiger partial charge on any atom is -0.760 e. The van der Waals surface area contributed by atoms with Crippen LogP contribution in [0.4, 0.5) is 19.0 Å². The molecule has 0 fully saturated rings. The van der Waals surface area contributed by atoms with E-state index in [2.05, 4.69) is 20.0 Å². The molecule has 1 atom stereocenters. The fourth-order valence-corrected chi connectivity index (χ4v) is 3.20. The molecule has 11 heteroatoms. The Bertz CT molecular complexity index is 1140. The monoisotopic (exact) mass is 437 g/mol. The number of benzene rings is 2. The average molecular weight is 437 g/mol. The molecule has 0 bridgehead atoms. The van der Waals surface area contributed by atoms with E-state index in [1.54, 1.807) is 7.05 Å². The van der Waals surface area contributed by atoms with Gasteiger partial charge in [-0.1, -0.05) is 0 Å². The Morgan fingerprint density at radius 2 is 1.93 bits per heavy atom. The number of aryl methyl sites for hydroxylation is 1. The molecule has 7 nitrogen and oxygen atoms in total. The highest BCUT2D eigenvalue weighted by molar-refractivity contribution is 7.77. The van der Waals surface area contributed by atoms with Crippen LogP contribution in [0.1, 0.15) is 27.9 Å². The fourth-order valence-electron chi connectivity index (χ4n) is 2.89. The predicted octanol–water partition coefficient (Wildman–Crippen LogP) is 2.64. The number of fused-ring (bicyclic) bond motifs is 1. The molecular formula is C19H16F3N4O3S-. The average Bonchev–Trinajstić information content (AvgIpc) is 2.73. The van der Waals surface area contributed by atoms with E-state index in [0.29, 0.717) is 22.9 Å². The number of aromatic nitrogens is 2. The van der Waals surface area contributed by atoms with Crippen LogP contribution in [0.25, 0.3) is 11.0 Å². The van der Waals surface area contributed by atoms with E-state index in [-0.39, 0.29) is 30.5 Å². The molecule has 1 aromatic heterocycles. The number of carbonyl (C=O) groups is 1. The van der Waals surface area contributed by atoms with Gasteiger partial charge >= 0.3 is 0 Å². The van der Waals surface area contributed by atoms with Crippen molar-refractivity contribution < 1.29 is 26.7 Å². The Labute approximate surface area is 172 Å². The first-order valence-electron chi connectivity index (χ1n) is 8.80. The number of anilines is 1. The molecule has 1 heterocycles. The van der Waals surface area contributed by atoms with Crippen molar-refractivity contribution in [1.29, 1.82) is 0 Å². The normalized spacial score (nSPS) is 12.2. The van der Waals surface area contributed by atoms with E-state index in [1.165, 1.54) is 24.4 Å². The van der Waals surface area contributed by atoms with Crippen LogP contribution in [0.3, 0.4) is 0 Å². The molecule has 158 valence electrons. The highest BCUT2D eigenvalue weighted by Crippen LogP contribution is 2.25. The maximum Gasteiger partial charge on any atom is 0.199 e. The Balaban J connectivity index is 1.96. The van der Waals surface area contributed by atoms with Gasteiger partial charge in [0.25, 0.3) is 0 Å². The molecule has 30 heavy (non-hydrogen) atoms. The Morgan fingerprint density at radius 3 is 2.63 bits per heavy atom. The number of nitrogens with zero attached hydrogens (tertiary/aromatic N) is 2. The zero-order valence-electron chi connectivity index (χ0n) is 15.7. The van der Waals surface area contributed by atoms with E-state index >= 15 is 0 Å². The van der Waals surface area contributed by atoms with Crippen molar-refractivity contribution >= 4 is 33.9 Å². The summed E-state index contributed by atoms with van der Waals surface area (Å²) in [4.78, 5) is 21.2. The zero-order chi connectivity index (χ0) is 21.8. The summed E-state index contributed by atoms with van der Waals surface area (Å²) in [7, 11) is 1.63. The third-order valence-electron chi connectivity index (χ3n) is 4.36. The standard InChI is InChI=1S/C19H17F3N4O3S/c1-23-15-9-24-13-5-4-11(8-14(13)26-15)19(27)16-17(21)10(7-12(20)18(16)22)3-2-6-25-30(28)29/h4-5,7-9,25H,2-3,6H2,1H3,(H,23,26)(H,28,29)/p-1. The lowest BCUT2D eigenvalue weighted by atomic mass is 9.97. The largest absolute Gasteiger partial charge is 0.760 e. The van der Waals surface area contributed by atoms with Crippen LogP contribution in [0.5, 0.6) is 0 Å². The summed E-state index contributed by atoms with van der Waals surface area (Å²) in [6.07, 6.45) is 1.52. The van der Waals surface area contributed by atoms with Gasteiger partial charge in [0.1, 0.15) is 11.6 Å². The maximum atomic E-state index is 14.9. The van der Waals surface area contributed by atoms with Gasteiger partial charge < -0.3 is 9.87 Å². The summed E-state index contributed by atoms with van der Waals surface area (Å²) in [6, 6.07) is 4.79. The first-order valence-corrected chi connectivity index (χ1v) is 9.87.